The van der Waals surface area contributed by atoms with E-state index in [4.69, 9.17) is 0 Å². The van der Waals surface area contributed by atoms with E-state index < -0.39 is 10.0 Å². The smallest absolute Gasteiger partial charge is 0.321 e. The fourth-order valence-corrected chi connectivity index (χ4v) is 4.06. The van der Waals surface area contributed by atoms with Gasteiger partial charge in [-0.3, -0.25) is 0 Å². The largest absolute Gasteiger partial charge is 0.370 e. The van der Waals surface area contributed by atoms with E-state index in [1.807, 2.05) is 24.3 Å². The molecule has 7 nitrogen and oxygen atoms in total. The average Bonchev–Trinajstić information content (AvgIpc) is 3.09. The number of benzene rings is 1. The number of nitrogens with zero attached hydrogens (tertiary/aromatic N) is 3. The molecule has 0 saturated carbocycles. The van der Waals surface area contributed by atoms with Crippen LogP contribution in [0.25, 0.3) is 0 Å². The normalized spacial score (nSPS) is 19.5. The van der Waals surface area contributed by atoms with Gasteiger partial charge in [0, 0.05) is 39.3 Å². The van der Waals surface area contributed by atoms with Crippen LogP contribution in [0.15, 0.2) is 24.3 Å². The Bertz CT molecular complexity index is 693. The first kappa shape index (κ1) is 17.0. The quantitative estimate of drug-likeness (QED) is 0.892. The molecule has 0 unspecified atom stereocenters. The van der Waals surface area contributed by atoms with Gasteiger partial charge in [-0.05, 0) is 25.0 Å². The summed E-state index contributed by atoms with van der Waals surface area (Å²) in [6.45, 7) is 3.54. The second-order valence-corrected chi connectivity index (χ2v) is 8.27. The molecule has 2 heterocycles. The van der Waals surface area contributed by atoms with Crippen molar-refractivity contribution in [1.82, 2.24) is 9.21 Å². The van der Waals surface area contributed by atoms with Crippen molar-refractivity contribution in [2.45, 2.75) is 12.8 Å². The highest BCUT2D eigenvalue weighted by atomic mass is 32.2. The van der Waals surface area contributed by atoms with Gasteiger partial charge in [-0.2, -0.15) is 4.31 Å². The highest BCUT2D eigenvalue weighted by Gasteiger charge is 2.26. The molecule has 24 heavy (non-hydrogen) atoms. The predicted octanol–water partition coefficient (Wildman–Crippen LogP) is 1.40. The molecule has 0 spiro atoms. The molecule has 3 rings (SSSR count). The number of carbonyl (C=O) groups excluding carboxylic acids is 1. The Kier molecular flexibility index (Phi) is 4.96. The summed E-state index contributed by atoms with van der Waals surface area (Å²) < 4.78 is 24.5. The van der Waals surface area contributed by atoms with Crippen LogP contribution in [0.1, 0.15) is 12.8 Å². The van der Waals surface area contributed by atoms with E-state index in [9.17, 15) is 13.2 Å². The standard InChI is InChI=1S/C16H24N4O3S/c1-24(22,23)20-12-10-19(11-13-20)16(21)17-14-6-2-3-7-15(14)18-8-4-5-9-18/h2-3,6-7H,4-5,8-13H2,1H3,(H,17,21). The van der Waals surface area contributed by atoms with Gasteiger partial charge in [0.05, 0.1) is 17.6 Å². The van der Waals surface area contributed by atoms with Gasteiger partial charge in [-0.1, -0.05) is 12.1 Å². The molecular weight excluding hydrogens is 328 g/mol. The molecule has 8 heteroatoms. The maximum Gasteiger partial charge on any atom is 0.321 e. The number of hydrogen-bond donors (Lipinski definition) is 1. The second-order valence-electron chi connectivity index (χ2n) is 6.29. The summed E-state index contributed by atoms with van der Waals surface area (Å²) in [5.74, 6) is 0. The van der Waals surface area contributed by atoms with Crippen LogP contribution in [0.2, 0.25) is 0 Å². The zero-order valence-electron chi connectivity index (χ0n) is 13.9. The Hall–Kier alpha value is -1.80. The van der Waals surface area contributed by atoms with E-state index in [-0.39, 0.29) is 6.03 Å². The molecule has 2 saturated heterocycles. The van der Waals surface area contributed by atoms with E-state index in [0.717, 1.165) is 24.5 Å². The van der Waals surface area contributed by atoms with Gasteiger partial charge < -0.3 is 15.1 Å². The Balaban J connectivity index is 1.64. The SMILES string of the molecule is CS(=O)(=O)N1CCN(C(=O)Nc2ccccc2N2CCCC2)CC1. The minimum Gasteiger partial charge on any atom is -0.370 e. The highest BCUT2D eigenvalue weighted by Crippen LogP contribution is 2.28. The number of anilines is 2. The van der Waals surface area contributed by atoms with Crippen LogP contribution in [-0.4, -0.2) is 69.2 Å². The third-order valence-electron chi connectivity index (χ3n) is 4.59. The Labute approximate surface area is 143 Å². The molecule has 0 atom stereocenters. The lowest BCUT2D eigenvalue weighted by atomic mass is 10.2. The van der Waals surface area contributed by atoms with Crippen LogP contribution in [0.4, 0.5) is 16.2 Å². The first-order valence-electron chi connectivity index (χ1n) is 8.30. The van der Waals surface area contributed by atoms with Crippen molar-refractivity contribution in [3.8, 4) is 0 Å². The summed E-state index contributed by atoms with van der Waals surface area (Å²) in [5.41, 5.74) is 1.87. The molecule has 1 aromatic carbocycles. The van der Waals surface area contributed by atoms with Crippen LogP contribution in [0.5, 0.6) is 0 Å². The molecule has 1 aromatic rings. The lowest BCUT2D eigenvalue weighted by Gasteiger charge is -2.33. The fourth-order valence-electron chi connectivity index (χ4n) is 3.23. The van der Waals surface area contributed by atoms with Gasteiger partial charge in [-0.15, -0.1) is 0 Å². The van der Waals surface area contributed by atoms with E-state index in [1.165, 1.54) is 23.4 Å². The van der Waals surface area contributed by atoms with Crippen molar-refractivity contribution in [3.63, 3.8) is 0 Å². The summed E-state index contributed by atoms with van der Waals surface area (Å²) in [7, 11) is -3.18. The maximum atomic E-state index is 12.5. The lowest BCUT2D eigenvalue weighted by Crippen LogP contribution is -2.51. The molecular formula is C16H24N4O3S. The molecule has 0 aliphatic carbocycles. The minimum atomic E-state index is -3.18. The number of amides is 2. The van der Waals surface area contributed by atoms with Crippen molar-refractivity contribution in [2.24, 2.45) is 0 Å². The molecule has 2 aliphatic rings. The Morgan fingerprint density at radius 3 is 2.25 bits per heavy atom. The molecule has 0 aromatic heterocycles. The number of carbonyl (C=O) groups is 1. The van der Waals surface area contributed by atoms with E-state index in [0.29, 0.717) is 26.2 Å². The summed E-state index contributed by atoms with van der Waals surface area (Å²) in [6, 6.07) is 7.67. The van der Waals surface area contributed by atoms with E-state index >= 15 is 0 Å². The molecule has 2 amide bonds. The van der Waals surface area contributed by atoms with E-state index in [2.05, 4.69) is 10.2 Å². The molecule has 0 bridgehead atoms. The van der Waals surface area contributed by atoms with Crippen molar-refractivity contribution in [1.29, 1.82) is 0 Å². The third kappa shape index (κ3) is 3.81. The summed E-state index contributed by atoms with van der Waals surface area (Å²) in [5, 5.41) is 2.99. The number of nitrogens with one attached hydrogen (secondary N) is 1. The van der Waals surface area contributed by atoms with Crippen LogP contribution in [-0.2, 0) is 10.0 Å². The molecule has 2 aliphatic heterocycles. The molecule has 132 valence electrons. The van der Waals surface area contributed by atoms with Gasteiger partial charge in [0.25, 0.3) is 0 Å². The predicted molar refractivity (Wildman–Crippen MR) is 94.9 cm³/mol. The number of hydrogen-bond acceptors (Lipinski definition) is 4. The maximum absolute atomic E-state index is 12.5. The summed E-state index contributed by atoms with van der Waals surface area (Å²) >= 11 is 0. The topological polar surface area (TPSA) is 73.0 Å². The number of sulfonamides is 1. The lowest BCUT2D eigenvalue weighted by molar-refractivity contribution is 0.184. The van der Waals surface area contributed by atoms with Gasteiger partial charge in [0.2, 0.25) is 10.0 Å². The number of piperazine rings is 1. The fraction of sp³-hybridized carbons (Fsp3) is 0.562. The van der Waals surface area contributed by atoms with Crippen LogP contribution < -0.4 is 10.2 Å². The Morgan fingerprint density at radius 2 is 1.62 bits per heavy atom. The van der Waals surface area contributed by atoms with Crippen LogP contribution in [0.3, 0.4) is 0 Å². The number of para-hydroxylation sites is 2. The zero-order valence-corrected chi connectivity index (χ0v) is 14.8. The summed E-state index contributed by atoms with van der Waals surface area (Å²) in [4.78, 5) is 16.5. The first-order valence-corrected chi connectivity index (χ1v) is 10.1. The number of urea groups is 1. The molecule has 0 radical (unpaired) electrons. The van der Waals surface area contributed by atoms with Gasteiger partial charge >= 0.3 is 6.03 Å². The number of rotatable bonds is 3. The second kappa shape index (κ2) is 6.98. The minimum absolute atomic E-state index is 0.171. The van der Waals surface area contributed by atoms with Crippen molar-refractivity contribution >= 4 is 27.4 Å². The third-order valence-corrected chi connectivity index (χ3v) is 5.89. The van der Waals surface area contributed by atoms with Crippen LogP contribution in [0, 0.1) is 0 Å². The monoisotopic (exact) mass is 352 g/mol. The van der Waals surface area contributed by atoms with Crippen molar-refractivity contribution < 1.29 is 13.2 Å². The van der Waals surface area contributed by atoms with Crippen molar-refractivity contribution in [2.75, 3.05) is 55.7 Å². The zero-order chi connectivity index (χ0) is 17.2. The summed E-state index contributed by atoms with van der Waals surface area (Å²) in [6.07, 6.45) is 3.56. The molecule has 2 fully saturated rings. The first-order chi connectivity index (χ1) is 11.4. The van der Waals surface area contributed by atoms with Gasteiger partial charge in [-0.25, -0.2) is 13.2 Å². The van der Waals surface area contributed by atoms with Gasteiger partial charge in [0.1, 0.15) is 0 Å². The average molecular weight is 352 g/mol. The Morgan fingerprint density at radius 1 is 1.00 bits per heavy atom. The highest BCUT2D eigenvalue weighted by molar-refractivity contribution is 7.88. The molecule has 1 N–H and O–H groups in total. The van der Waals surface area contributed by atoms with Gasteiger partial charge in [0.15, 0.2) is 0 Å². The van der Waals surface area contributed by atoms with Crippen molar-refractivity contribution in [3.05, 3.63) is 24.3 Å². The van der Waals surface area contributed by atoms with Crippen LogP contribution >= 0.6 is 0 Å². The van der Waals surface area contributed by atoms with E-state index in [1.54, 1.807) is 4.90 Å².